The summed E-state index contributed by atoms with van der Waals surface area (Å²) in [6, 6.07) is 12.8. The van der Waals surface area contributed by atoms with Crippen LogP contribution in [-0.2, 0) is 12.7 Å². The molecular weight excluding hydrogens is 510 g/mol. The fraction of sp³-hybridized carbons (Fsp3) is 0.154. The molecule has 0 bridgehead atoms. The standard InChI is InChI=1S/C26H19F4N3O3S/c1-34-22-9-16-18(11-23(22)35-2)31-7-6-20(16)36-21-12-24-19(10-17(21)27)33-25(37-24)32-13-14-4-3-5-15(8-14)26(28,29)30/h3-12H,13H2,1-2H3,(H,32,33). The van der Waals surface area contributed by atoms with Crippen molar-refractivity contribution < 1.29 is 31.8 Å². The number of hydrogen-bond acceptors (Lipinski definition) is 7. The van der Waals surface area contributed by atoms with Crippen LogP contribution in [0.1, 0.15) is 11.1 Å². The molecule has 0 saturated carbocycles. The van der Waals surface area contributed by atoms with Gasteiger partial charge < -0.3 is 19.5 Å². The number of hydrogen-bond donors (Lipinski definition) is 1. The van der Waals surface area contributed by atoms with E-state index in [1.807, 2.05) is 0 Å². The van der Waals surface area contributed by atoms with Crippen LogP contribution in [0.4, 0.5) is 22.7 Å². The number of fused-ring (bicyclic) bond motifs is 2. The summed E-state index contributed by atoms with van der Waals surface area (Å²) in [5, 5.41) is 4.05. The van der Waals surface area contributed by atoms with Crippen LogP contribution in [0.5, 0.6) is 23.0 Å². The predicted octanol–water partition coefficient (Wildman–Crippen LogP) is 7.42. The largest absolute Gasteiger partial charge is 0.493 e. The van der Waals surface area contributed by atoms with Crippen LogP contribution in [0.25, 0.3) is 21.1 Å². The number of halogens is 4. The lowest BCUT2D eigenvalue weighted by Crippen LogP contribution is -2.06. The number of methoxy groups -OCH3 is 2. The normalized spacial score (nSPS) is 11.6. The molecule has 2 heterocycles. The number of nitrogens with one attached hydrogen (secondary N) is 1. The van der Waals surface area contributed by atoms with Crippen molar-refractivity contribution in [1.29, 1.82) is 0 Å². The number of pyridine rings is 1. The lowest BCUT2D eigenvalue weighted by atomic mass is 10.1. The fourth-order valence-corrected chi connectivity index (χ4v) is 4.65. The highest BCUT2D eigenvalue weighted by atomic mass is 32.1. The van der Waals surface area contributed by atoms with Crippen LogP contribution in [0.15, 0.2) is 60.8 Å². The second-order valence-electron chi connectivity index (χ2n) is 7.96. The van der Waals surface area contributed by atoms with Crippen LogP contribution in [0.2, 0.25) is 0 Å². The van der Waals surface area contributed by atoms with Gasteiger partial charge in [-0.05, 0) is 29.8 Å². The minimum absolute atomic E-state index is 0.0112. The smallest absolute Gasteiger partial charge is 0.416 e. The molecule has 1 N–H and O–H groups in total. The maximum atomic E-state index is 14.9. The second kappa shape index (κ2) is 9.74. The average molecular weight is 530 g/mol. The van der Waals surface area contributed by atoms with Crippen LogP contribution in [0.3, 0.4) is 0 Å². The summed E-state index contributed by atoms with van der Waals surface area (Å²) in [5.74, 6) is 0.719. The summed E-state index contributed by atoms with van der Waals surface area (Å²) in [5.41, 5.74) is 0.698. The van der Waals surface area contributed by atoms with Crippen LogP contribution >= 0.6 is 11.3 Å². The molecule has 0 radical (unpaired) electrons. The molecule has 37 heavy (non-hydrogen) atoms. The summed E-state index contributed by atoms with van der Waals surface area (Å²) >= 11 is 1.23. The molecule has 3 aromatic carbocycles. The zero-order valence-corrected chi connectivity index (χ0v) is 20.3. The average Bonchev–Trinajstić information content (AvgIpc) is 3.28. The molecular formula is C26H19F4N3O3S. The van der Waals surface area contributed by atoms with Gasteiger partial charge in [0.1, 0.15) is 5.75 Å². The summed E-state index contributed by atoms with van der Waals surface area (Å²) in [4.78, 5) is 8.67. The minimum Gasteiger partial charge on any atom is -0.493 e. The van der Waals surface area contributed by atoms with E-state index in [4.69, 9.17) is 14.2 Å². The molecule has 0 amide bonds. The van der Waals surface area contributed by atoms with Gasteiger partial charge in [0, 0.05) is 36.3 Å². The summed E-state index contributed by atoms with van der Waals surface area (Å²) in [7, 11) is 3.03. The van der Waals surface area contributed by atoms with Crippen molar-refractivity contribution in [3.05, 3.63) is 77.7 Å². The van der Waals surface area contributed by atoms with E-state index in [1.165, 1.54) is 43.8 Å². The first-order chi connectivity index (χ1) is 17.7. The lowest BCUT2D eigenvalue weighted by molar-refractivity contribution is -0.137. The molecule has 0 aliphatic rings. The zero-order valence-electron chi connectivity index (χ0n) is 19.5. The Bertz CT molecular complexity index is 1600. The quantitative estimate of drug-likeness (QED) is 0.221. The van der Waals surface area contributed by atoms with Gasteiger partial charge in [0.25, 0.3) is 0 Å². The molecule has 5 rings (SSSR count). The third-order valence-corrected chi connectivity index (χ3v) is 6.54. The van der Waals surface area contributed by atoms with E-state index >= 15 is 0 Å². The predicted molar refractivity (Wildman–Crippen MR) is 133 cm³/mol. The van der Waals surface area contributed by atoms with E-state index in [2.05, 4.69) is 15.3 Å². The Hall–Kier alpha value is -4.12. The van der Waals surface area contributed by atoms with Crippen LogP contribution in [-0.4, -0.2) is 24.2 Å². The van der Waals surface area contributed by atoms with Crippen molar-refractivity contribution in [2.75, 3.05) is 19.5 Å². The summed E-state index contributed by atoms with van der Waals surface area (Å²) in [6.45, 7) is 0.129. The number of ether oxygens (including phenoxy) is 3. The Labute approximate surface area is 212 Å². The topological polar surface area (TPSA) is 65.5 Å². The maximum Gasteiger partial charge on any atom is 0.416 e. The molecule has 11 heteroatoms. The minimum atomic E-state index is -4.42. The van der Waals surface area contributed by atoms with Gasteiger partial charge in [-0.1, -0.05) is 23.5 Å². The molecule has 5 aromatic rings. The first-order valence-electron chi connectivity index (χ1n) is 10.9. The Morgan fingerprint density at radius 3 is 2.43 bits per heavy atom. The van der Waals surface area contributed by atoms with Gasteiger partial charge in [-0.2, -0.15) is 13.2 Å². The van der Waals surface area contributed by atoms with Crippen molar-refractivity contribution >= 4 is 37.6 Å². The third-order valence-electron chi connectivity index (χ3n) is 5.57. The van der Waals surface area contributed by atoms with E-state index in [1.54, 1.807) is 30.5 Å². The van der Waals surface area contributed by atoms with Gasteiger partial charge in [-0.3, -0.25) is 4.98 Å². The van der Waals surface area contributed by atoms with E-state index in [9.17, 15) is 17.6 Å². The first-order valence-corrected chi connectivity index (χ1v) is 11.8. The number of rotatable bonds is 7. The van der Waals surface area contributed by atoms with Gasteiger partial charge in [0.05, 0.1) is 35.5 Å². The molecule has 0 saturated heterocycles. The number of aromatic nitrogens is 2. The Morgan fingerprint density at radius 2 is 1.68 bits per heavy atom. The number of nitrogens with zero attached hydrogens (tertiary/aromatic N) is 2. The van der Waals surface area contributed by atoms with Crippen LogP contribution < -0.4 is 19.5 Å². The third kappa shape index (κ3) is 5.08. The van der Waals surface area contributed by atoms with Crippen molar-refractivity contribution in [2.45, 2.75) is 12.7 Å². The highest BCUT2D eigenvalue weighted by Crippen LogP contribution is 2.39. The molecule has 0 unspecified atom stereocenters. The van der Waals surface area contributed by atoms with E-state index < -0.39 is 17.6 Å². The van der Waals surface area contributed by atoms with E-state index in [0.717, 1.165) is 12.1 Å². The van der Waals surface area contributed by atoms with Crippen molar-refractivity contribution in [1.82, 2.24) is 9.97 Å². The number of thiazole rings is 1. The Kier molecular flexibility index (Phi) is 6.46. The highest BCUT2D eigenvalue weighted by Gasteiger charge is 2.30. The fourth-order valence-electron chi connectivity index (χ4n) is 3.77. The van der Waals surface area contributed by atoms with Gasteiger partial charge in [0.15, 0.2) is 28.2 Å². The molecule has 190 valence electrons. The molecule has 2 aromatic heterocycles. The molecule has 0 aliphatic carbocycles. The summed E-state index contributed by atoms with van der Waals surface area (Å²) in [6.07, 6.45) is -2.88. The van der Waals surface area contributed by atoms with E-state index in [-0.39, 0.29) is 12.3 Å². The SMILES string of the molecule is COc1cc2nccc(Oc3cc4sc(NCc5cccc(C(F)(F)F)c5)nc4cc3F)c2cc1OC. The Balaban J connectivity index is 1.40. The maximum absolute atomic E-state index is 14.9. The number of benzene rings is 3. The van der Waals surface area contributed by atoms with Crippen molar-refractivity contribution in [2.24, 2.45) is 0 Å². The molecule has 0 atom stereocenters. The molecule has 6 nitrogen and oxygen atoms in total. The zero-order chi connectivity index (χ0) is 26.2. The van der Waals surface area contributed by atoms with Gasteiger partial charge in [-0.15, -0.1) is 0 Å². The van der Waals surface area contributed by atoms with Gasteiger partial charge >= 0.3 is 6.18 Å². The van der Waals surface area contributed by atoms with Crippen LogP contribution in [0, 0.1) is 5.82 Å². The van der Waals surface area contributed by atoms with Gasteiger partial charge in [-0.25, -0.2) is 9.37 Å². The highest BCUT2D eigenvalue weighted by molar-refractivity contribution is 7.22. The first kappa shape index (κ1) is 24.6. The number of alkyl halides is 3. The van der Waals surface area contributed by atoms with Gasteiger partial charge in [0.2, 0.25) is 0 Å². The molecule has 0 fully saturated rings. The lowest BCUT2D eigenvalue weighted by Gasteiger charge is -2.12. The van der Waals surface area contributed by atoms with Crippen molar-refractivity contribution in [3.63, 3.8) is 0 Å². The van der Waals surface area contributed by atoms with Crippen molar-refractivity contribution in [3.8, 4) is 23.0 Å². The second-order valence-corrected chi connectivity index (χ2v) is 8.99. The monoisotopic (exact) mass is 529 g/mol. The number of anilines is 1. The van der Waals surface area contributed by atoms with E-state index in [0.29, 0.717) is 49.1 Å². The molecule has 0 spiro atoms. The Morgan fingerprint density at radius 1 is 0.892 bits per heavy atom. The molecule has 0 aliphatic heterocycles. The summed E-state index contributed by atoms with van der Waals surface area (Å²) < 4.78 is 71.1.